The van der Waals surface area contributed by atoms with E-state index >= 15 is 0 Å². The maximum Gasteiger partial charge on any atom is 0.188 e. The number of fused-ring (bicyclic) bond motifs is 1. The molecule has 0 saturated carbocycles. The minimum atomic E-state index is 0.970. The van der Waals surface area contributed by atoms with Gasteiger partial charge in [-0.3, -0.25) is 0 Å². The average molecular weight is 282 g/mol. The minimum absolute atomic E-state index is 0.970. The number of hydrogen-bond acceptors (Lipinski definition) is 3. The third-order valence-corrected chi connectivity index (χ3v) is 4.34. The summed E-state index contributed by atoms with van der Waals surface area (Å²) in [5.41, 5.74) is 4.86. The van der Waals surface area contributed by atoms with E-state index in [2.05, 4.69) is 61.6 Å². The van der Waals surface area contributed by atoms with Gasteiger partial charge >= 0.3 is 0 Å². The summed E-state index contributed by atoms with van der Waals surface area (Å²) in [6, 6.07) is 14.8. The van der Waals surface area contributed by atoms with Crippen molar-refractivity contribution >= 4 is 32.4 Å². The van der Waals surface area contributed by atoms with Crippen LogP contribution in [0.25, 0.3) is 10.2 Å². The Balaban J connectivity index is 1.95. The smallest absolute Gasteiger partial charge is 0.188 e. The lowest BCUT2D eigenvalue weighted by molar-refractivity contribution is 0.923. The molecule has 0 aliphatic heterocycles. The largest absolute Gasteiger partial charge is 0.331 e. The fourth-order valence-corrected chi connectivity index (χ4v) is 3.34. The predicted octanol–water partition coefficient (Wildman–Crippen LogP) is 5.30. The highest BCUT2D eigenvalue weighted by Crippen LogP contribution is 2.31. The Hall–Kier alpha value is -1.87. The second-order valence-corrected chi connectivity index (χ2v) is 6.00. The van der Waals surface area contributed by atoms with Crippen molar-refractivity contribution in [2.45, 2.75) is 26.7 Å². The van der Waals surface area contributed by atoms with Crippen molar-refractivity contribution in [1.29, 1.82) is 0 Å². The van der Waals surface area contributed by atoms with Crippen LogP contribution in [0.4, 0.5) is 10.8 Å². The summed E-state index contributed by atoms with van der Waals surface area (Å²) in [6.07, 6.45) is 2.24. The second kappa shape index (κ2) is 5.63. The molecule has 0 atom stereocenters. The molecule has 1 heterocycles. The van der Waals surface area contributed by atoms with Gasteiger partial charge in [0.05, 0.1) is 10.2 Å². The van der Waals surface area contributed by atoms with E-state index in [9.17, 15) is 0 Å². The number of para-hydroxylation sites is 2. The number of aromatic nitrogens is 1. The van der Waals surface area contributed by atoms with E-state index in [0.717, 1.165) is 23.5 Å². The SMILES string of the molecule is CCCc1ccccc1Nc1nc2c(C)cccc2s1. The first-order valence-corrected chi connectivity index (χ1v) is 7.80. The van der Waals surface area contributed by atoms with Gasteiger partial charge in [-0.25, -0.2) is 4.98 Å². The first-order valence-electron chi connectivity index (χ1n) is 6.99. The van der Waals surface area contributed by atoms with Crippen LogP contribution in [0.2, 0.25) is 0 Å². The molecule has 20 heavy (non-hydrogen) atoms. The van der Waals surface area contributed by atoms with Gasteiger partial charge in [0.2, 0.25) is 0 Å². The van der Waals surface area contributed by atoms with Gasteiger partial charge in [0, 0.05) is 5.69 Å². The molecule has 102 valence electrons. The number of nitrogens with one attached hydrogen (secondary N) is 1. The summed E-state index contributed by atoms with van der Waals surface area (Å²) in [4.78, 5) is 4.72. The Morgan fingerprint density at radius 2 is 1.95 bits per heavy atom. The van der Waals surface area contributed by atoms with Crippen molar-refractivity contribution in [2.75, 3.05) is 5.32 Å². The first kappa shape index (κ1) is 13.1. The molecule has 0 saturated heterocycles. The molecule has 0 aliphatic rings. The van der Waals surface area contributed by atoms with Crippen molar-refractivity contribution in [1.82, 2.24) is 4.98 Å². The van der Waals surface area contributed by atoms with Gasteiger partial charge in [-0.15, -0.1) is 0 Å². The molecule has 1 N–H and O–H groups in total. The van der Waals surface area contributed by atoms with E-state index in [1.54, 1.807) is 11.3 Å². The molecule has 0 radical (unpaired) electrons. The molecule has 3 heteroatoms. The molecule has 2 aromatic carbocycles. The van der Waals surface area contributed by atoms with Gasteiger partial charge in [0.15, 0.2) is 5.13 Å². The first-order chi connectivity index (χ1) is 9.78. The second-order valence-electron chi connectivity index (χ2n) is 4.97. The van der Waals surface area contributed by atoms with Gasteiger partial charge in [0.25, 0.3) is 0 Å². The lowest BCUT2D eigenvalue weighted by Gasteiger charge is -2.08. The quantitative estimate of drug-likeness (QED) is 0.702. The monoisotopic (exact) mass is 282 g/mol. The van der Waals surface area contributed by atoms with Gasteiger partial charge in [0.1, 0.15) is 0 Å². The summed E-state index contributed by atoms with van der Waals surface area (Å²) < 4.78 is 1.24. The Kier molecular flexibility index (Phi) is 3.70. The van der Waals surface area contributed by atoms with E-state index < -0.39 is 0 Å². The summed E-state index contributed by atoms with van der Waals surface area (Å²) in [5.74, 6) is 0. The molecular weight excluding hydrogens is 264 g/mol. The van der Waals surface area contributed by atoms with Crippen LogP contribution < -0.4 is 5.32 Å². The molecule has 2 nitrogen and oxygen atoms in total. The average Bonchev–Trinajstić information content (AvgIpc) is 2.85. The van der Waals surface area contributed by atoms with Crippen molar-refractivity contribution in [2.24, 2.45) is 0 Å². The Morgan fingerprint density at radius 1 is 1.10 bits per heavy atom. The van der Waals surface area contributed by atoms with Crippen LogP contribution in [0.1, 0.15) is 24.5 Å². The number of rotatable bonds is 4. The van der Waals surface area contributed by atoms with E-state index in [-0.39, 0.29) is 0 Å². The fraction of sp³-hybridized carbons (Fsp3) is 0.235. The summed E-state index contributed by atoms with van der Waals surface area (Å²) in [5, 5.41) is 4.45. The molecular formula is C17H18N2S. The van der Waals surface area contributed by atoms with Crippen LogP contribution in [0, 0.1) is 6.92 Å². The fourth-order valence-electron chi connectivity index (χ4n) is 2.38. The number of anilines is 2. The molecule has 0 unspecified atom stereocenters. The summed E-state index contributed by atoms with van der Waals surface area (Å²) in [6.45, 7) is 4.31. The predicted molar refractivity (Wildman–Crippen MR) is 88.1 cm³/mol. The van der Waals surface area contributed by atoms with Crippen molar-refractivity contribution in [3.05, 3.63) is 53.6 Å². The zero-order valence-electron chi connectivity index (χ0n) is 11.8. The topological polar surface area (TPSA) is 24.9 Å². The zero-order chi connectivity index (χ0) is 13.9. The third-order valence-electron chi connectivity index (χ3n) is 3.40. The molecule has 3 rings (SSSR count). The maximum atomic E-state index is 4.72. The Morgan fingerprint density at radius 3 is 2.75 bits per heavy atom. The van der Waals surface area contributed by atoms with Crippen molar-refractivity contribution < 1.29 is 0 Å². The normalized spacial score (nSPS) is 10.9. The standard InChI is InChI=1S/C17H18N2S/c1-3-7-13-9-4-5-10-14(13)18-17-19-16-12(2)8-6-11-15(16)20-17/h4-6,8-11H,3,7H2,1-2H3,(H,18,19). The number of nitrogens with zero attached hydrogens (tertiary/aromatic N) is 1. The van der Waals surface area contributed by atoms with Crippen LogP contribution in [0.3, 0.4) is 0 Å². The van der Waals surface area contributed by atoms with E-state index in [1.807, 2.05) is 0 Å². The Labute approximate surface area is 123 Å². The molecule has 0 amide bonds. The highest BCUT2D eigenvalue weighted by molar-refractivity contribution is 7.22. The third kappa shape index (κ3) is 2.54. The van der Waals surface area contributed by atoms with Crippen LogP contribution in [-0.4, -0.2) is 4.98 Å². The highest BCUT2D eigenvalue weighted by atomic mass is 32.1. The van der Waals surface area contributed by atoms with Gasteiger partial charge in [-0.1, -0.05) is 55.0 Å². The van der Waals surface area contributed by atoms with Gasteiger partial charge < -0.3 is 5.32 Å². The molecule has 0 bridgehead atoms. The lowest BCUT2D eigenvalue weighted by Crippen LogP contribution is -1.95. The van der Waals surface area contributed by atoms with Crippen LogP contribution >= 0.6 is 11.3 Å². The van der Waals surface area contributed by atoms with E-state index in [4.69, 9.17) is 4.98 Å². The van der Waals surface area contributed by atoms with Gasteiger partial charge in [-0.05, 0) is 36.6 Å². The van der Waals surface area contributed by atoms with Crippen molar-refractivity contribution in [3.8, 4) is 0 Å². The molecule has 1 aromatic heterocycles. The molecule has 0 aliphatic carbocycles. The number of benzene rings is 2. The lowest BCUT2D eigenvalue weighted by atomic mass is 10.1. The minimum Gasteiger partial charge on any atom is -0.331 e. The van der Waals surface area contributed by atoms with Gasteiger partial charge in [-0.2, -0.15) is 0 Å². The van der Waals surface area contributed by atoms with Crippen LogP contribution in [0.5, 0.6) is 0 Å². The number of hydrogen-bond donors (Lipinski definition) is 1. The van der Waals surface area contributed by atoms with Crippen molar-refractivity contribution in [3.63, 3.8) is 0 Å². The van der Waals surface area contributed by atoms with E-state index in [0.29, 0.717) is 0 Å². The van der Waals surface area contributed by atoms with E-state index in [1.165, 1.54) is 21.5 Å². The van der Waals surface area contributed by atoms with Crippen LogP contribution in [-0.2, 0) is 6.42 Å². The number of thiazole rings is 1. The number of aryl methyl sites for hydroxylation is 2. The maximum absolute atomic E-state index is 4.72. The zero-order valence-corrected chi connectivity index (χ0v) is 12.6. The molecule has 3 aromatic rings. The molecule has 0 fully saturated rings. The summed E-state index contributed by atoms with van der Waals surface area (Å²) in [7, 11) is 0. The summed E-state index contributed by atoms with van der Waals surface area (Å²) >= 11 is 1.71. The molecule has 0 spiro atoms. The highest BCUT2D eigenvalue weighted by Gasteiger charge is 2.07. The Bertz CT molecular complexity index is 731. The van der Waals surface area contributed by atoms with Crippen LogP contribution in [0.15, 0.2) is 42.5 Å².